The molecule has 0 aromatic heterocycles. The monoisotopic (exact) mass is 282 g/mol. The summed E-state index contributed by atoms with van der Waals surface area (Å²) in [4.78, 5) is 20.9. The Morgan fingerprint density at radius 2 is 1.00 bits per heavy atom. The highest BCUT2D eigenvalue weighted by Crippen LogP contribution is 2.13. The van der Waals surface area contributed by atoms with Gasteiger partial charge < -0.3 is 0 Å². The number of ketones is 1. The molecule has 0 fully saturated rings. The molecule has 0 aromatic carbocycles. The molecule has 0 heterocycles. The van der Waals surface area contributed by atoms with E-state index in [1.54, 1.807) is 0 Å². The summed E-state index contributed by atoms with van der Waals surface area (Å²) in [5, 5.41) is 0. The Hall–Kier alpha value is -0.660. The quantitative estimate of drug-likeness (QED) is 0.209. The zero-order valence-corrected chi connectivity index (χ0v) is 13.5. The van der Waals surface area contributed by atoms with Crippen LogP contribution in [-0.2, 0) is 9.59 Å². The second-order valence-corrected chi connectivity index (χ2v) is 5.93. The summed E-state index contributed by atoms with van der Waals surface area (Å²) in [6.45, 7) is 2.26. The van der Waals surface area contributed by atoms with Crippen LogP contribution in [0.2, 0.25) is 0 Å². The van der Waals surface area contributed by atoms with Crippen LogP contribution in [0.4, 0.5) is 0 Å². The van der Waals surface area contributed by atoms with Crippen molar-refractivity contribution < 1.29 is 9.59 Å². The second kappa shape index (κ2) is 16.4. The zero-order chi connectivity index (χ0) is 14.9. The van der Waals surface area contributed by atoms with Gasteiger partial charge in [0.2, 0.25) is 0 Å². The topological polar surface area (TPSA) is 34.1 Å². The second-order valence-electron chi connectivity index (χ2n) is 5.93. The first kappa shape index (κ1) is 19.3. The van der Waals surface area contributed by atoms with Crippen molar-refractivity contribution in [2.45, 2.75) is 103 Å². The van der Waals surface area contributed by atoms with Gasteiger partial charge in [-0.1, -0.05) is 90.4 Å². The molecule has 0 spiro atoms. The van der Waals surface area contributed by atoms with E-state index in [1.807, 2.05) is 0 Å². The molecule has 0 atom stereocenters. The van der Waals surface area contributed by atoms with Crippen molar-refractivity contribution in [1.82, 2.24) is 0 Å². The molecule has 0 N–H and O–H groups in total. The van der Waals surface area contributed by atoms with E-state index < -0.39 is 0 Å². The lowest BCUT2D eigenvalue weighted by molar-refractivity contribution is -0.129. The lowest BCUT2D eigenvalue weighted by Gasteiger charge is -2.02. The van der Waals surface area contributed by atoms with Gasteiger partial charge in [0.05, 0.1) is 0 Å². The highest BCUT2D eigenvalue weighted by atomic mass is 16.2. The van der Waals surface area contributed by atoms with E-state index in [1.165, 1.54) is 77.0 Å². The third-order valence-corrected chi connectivity index (χ3v) is 3.91. The van der Waals surface area contributed by atoms with Crippen LogP contribution in [0.15, 0.2) is 0 Å². The number of unbranched alkanes of at least 4 members (excludes halogenated alkanes) is 13. The van der Waals surface area contributed by atoms with E-state index >= 15 is 0 Å². The fourth-order valence-corrected chi connectivity index (χ4v) is 2.55. The number of rotatable bonds is 16. The maximum atomic E-state index is 10.8. The van der Waals surface area contributed by atoms with Crippen molar-refractivity contribution in [3.63, 3.8) is 0 Å². The molecule has 0 aliphatic heterocycles. The van der Waals surface area contributed by atoms with Crippen LogP contribution in [0, 0.1) is 0 Å². The molecule has 0 radical (unpaired) electrons. The largest absolute Gasteiger partial charge is 0.295 e. The summed E-state index contributed by atoms with van der Waals surface area (Å²) >= 11 is 0. The van der Waals surface area contributed by atoms with Crippen LogP contribution in [0.5, 0.6) is 0 Å². The van der Waals surface area contributed by atoms with Gasteiger partial charge in [0.25, 0.3) is 0 Å². The van der Waals surface area contributed by atoms with Crippen molar-refractivity contribution in [1.29, 1.82) is 0 Å². The van der Waals surface area contributed by atoms with Crippen LogP contribution >= 0.6 is 0 Å². The highest BCUT2D eigenvalue weighted by Gasteiger charge is 1.98. The number of carbonyl (C=O) groups is 2. The fourth-order valence-electron chi connectivity index (χ4n) is 2.55. The number of aldehydes is 1. The highest BCUT2D eigenvalue weighted by molar-refractivity contribution is 6.24. The molecule has 0 aliphatic carbocycles. The van der Waals surface area contributed by atoms with Crippen molar-refractivity contribution in [2.24, 2.45) is 0 Å². The lowest BCUT2D eigenvalue weighted by Crippen LogP contribution is -1.97. The van der Waals surface area contributed by atoms with Crippen LogP contribution in [-0.4, -0.2) is 12.1 Å². The summed E-state index contributed by atoms with van der Waals surface area (Å²) in [7, 11) is 0. The minimum Gasteiger partial charge on any atom is -0.295 e. The van der Waals surface area contributed by atoms with Crippen molar-refractivity contribution in [3.05, 3.63) is 0 Å². The minimum absolute atomic E-state index is 0.246. The van der Waals surface area contributed by atoms with Crippen LogP contribution in [0.3, 0.4) is 0 Å². The van der Waals surface area contributed by atoms with Gasteiger partial charge in [0.1, 0.15) is 0 Å². The van der Waals surface area contributed by atoms with Gasteiger partial charge in [-0.3, -0.25) is 9.59 Å². The first-order valence-electron chi connectivity index (χ1n) is 8.79. The Balaban J connectivity index is 2.99. The summed E-state index contributed by atoms with van der Waals surface area (Å²) in [6, 6.07) is 0. The Morgan fingerprint density at radius 1 is 0.650 bits per heavy atom. The summed E-state index contributed by atoms with van der Waals surface area (Å²) in [6.07, 6.45) is 19.3. The van der Waals surface area contributed by atoms with Gasteiger partial charge in [-0.05, 0) is 6.42 Å². The third-order valence-electron chi connectivity index (χ3n) is 3.91. The Kier molecular flexibility index (Phi) is 15.9. The first-order valence-corrected chi connectivity index (χ1v) is 8.79. The van der Waals surface area contributed by atoms with Gasteiger partial charge in [-0.25, -0.2) is 0 Å². The minimum atomic E-state index is -0.246. The van der Waals surface area contributed by atoms with E-state index in [4.69, 9.17) is 0 Å². The molecular formula is C18H34O2. The summed E-state index contributed by atoms with van der Waals surface area (Å²) < 4.78 is 0. The number of carbonyl (C=O) groups excluding carboxylic acids is 2. The molecule has 20 heavy (non-hydrogen) atoms. The molecule has 118 valence electrons. The van der Waals surface area contributed by atoms with E-state index in [-0.39, 0.29) is 5.78 Å². The average molecular weight is 282 g/mol. The normalized spacial score (nSPS) is 10.7. The Labute approximate surface area is 125 Å². The van der Waals surface area contributed by atoms with Crippen molar-refractivity contribution in [3.8, 4) is 0 Å². The van der Waals surface area contributed by atoms with E-state index in [2.05, 4.69) is 6.92 Å². The van der Waals surface area contributed by atoms with E-state index in [9.17, 15) is 9.59 Å². The van der Waals surface area contributed by atoms with E-state index in [0.29, 0.717) is 12.7 Å². The predicted octanol–water partition coefficient (Wildman–Crippen LogP) is 5.63. The van der Waals surface area contributed by atoms with Gasteiger partial charge >= 0.3 is 0 Å². The number of hydrogen-bond acceptors (Lipinski definition) is 2. The van der Waals surface area contributed by atoms with Gasteiger partial charge in [-0.15, -0.1) is 0 Å². The fraction of sp³-hybridized carbons (Fsp3) is 0.889. The lowest BCUT2D eigenvalue weighted by atomic mass is 10.0. The molecule has 0 rings (SSSR count). The molecule has 0 saturated heterocycles. The summed E-state index contributed by atoms with van der Waals surface area (Å²) in [5.41, 5.74) is 0. The van der Waals surface area contributed by atoms with Crippen molar-refractivity contribution in [2.75, 3.05) is 0 Å². The molecule has 0 aliphatic rings. The molecule has 0 saturated carbocycles. The predicted molar refractivity (Wildman–Crippen MR) is 86.0 cm³/mol. The van der Waals surface area contributed by atoms with Crippen molar-refractivity contribution >= 4 is 12.1 Å². The SMILES string of the molecule is CCCCCCCCCCCCCCCCC(=O)C=O. The Morgan fingerprint density at radius 3 is 1.35 bits per heavy atom. The smallest absolute Gasteiger partial charge is 0.195 e. The van der Waals surface area contributed by atoms with Gasteiger partial charge in [0.15, 0.2) is 12.1 Å². The first-order chi connectivity index (χ1) is 9.81. The molecular weight excluding hydrogens is 248 g/mol. The van der Waals surface area contributed by atoms with Crippen LogP contribution < -0.4 is 0 Å². The third kappa shape index (κ3) is 15.4. The molecule has 0 bridgehead atoms. The summed E-state index contributed by atoms with van der Waals surface area (Å²) in [5.74, 6) is -0.246. The van der Waals surface area contributed by atoms with Crippen LogP contribution in [0.1, 0.15) is 103 Å². The maximum Gasteiger partial charge on any atom is 0.195 e. The van der Waals surface area contributed by atoms with Crippen LogP contribution in [0.25, 0.3) is 0 Å². The zero-order valence-electron chi connectivity index (χ0n) is 13.5. The average Bonchev–Trinajstić information content (AvgIpc) is 2.47. The number of Topliss-reactive ketones (excluding diaryl/α,β-unsaturated/α-hetero) is 1. The molecule has 2 nitrogen and oxygen atoms in total. The molecule has 0 amide bonds. The maximum absolute atomic E-state index is 10.8. The molecule has 2 heteroatoms. The van der Waals surface area contributed by atoms with E-state index in [0.717, 1.165) is 12.8 Å². The molecule has 0 unspecified atom stereocenters. The number of hydrogen-bond donors (Lipinski definition) is 0. The standard InChI is InChI=1S/C18H34O2/c1-2-3-4-5-6-7-8-9-10-11-12-13-14-15-16-18(20)17-19/h17H,2-16H2,1H3. The van der Waals surface area contributed by atoms with Gasteiger partial charge in [0, 0.05) is 6.42 Å². The Bertz CT molecular complexity index is 223. The van der Waals surface area contributed by atoms with Gasteiger partial charge in [-0.2, -0.15) is 0 Å². The molecule has 0 aromatic rings.